The van der Waals surface area contributed by atoms with Crippen LogP contribution in [-0.2, 0) is 16.1 Å². The predicted octanol–water partition coefficient (Wildman–Crippen LogP) is 2.83. The smallest absolute Gasteiger partial charge is 0.410 e. The molecule has 6 heteroatoms. The number of hydrogen-bond acceptors (Lipinski definition) is 3. The van der Waals surface area contributed by atoms with Crippen LogP contribution in [0.25, 0.3) is 0 Å². The van der Waals surface area contributed by atoms with Gasteiger partial charge in [0.25, 0.3) is 0 Å². The molecule has 2 amide bonds. The lowest BCUT2D eigenvalue weighted by Gasteiger charge is -2.46. The van der Waals surface area contributed by atoms with Crippen LogP contribution in [0.4, 0.5) is 4.79 Å². The van der Waals surface area contributed by atoms with Crippen LogP contribution in [0, 0.1) is 5.41 Å². The Bertz CT molecular complexity index is 622. The number of hydrogen-bond donors (Lipinski definition) is 2. The highest BCUT2D eigenvalue weighted by atomic mass is 16.5. The summed E-state index contributed by atoms with van der Waals surface area (Å²) in [6.07, 6.45) is -1.16. The lowest BCUT2D eigenvalue weighted by atomic mass is 9.72. The summed E-state index contributed by atoms with van der Waals surface area (Å²) in [6.45, 7) is 9.27. The molecule has 1 heterocycles. The summed E-state index contributed by atoms with van der Waals surface area (Å²) in [6, 6.07) is 9.52. The van der Waals surface area contributed by atoms with Gasteiger partial charge in [-0.2, -0.15) is 0 Å². The Morgan fingerprint density at radius 2 is 1.83 bits per heavy atom. The van der Waals surface area contributed by atoms with Crippen LogP contribution in [-0.4, -0.2) is 39.9 Å². The average molecular weight is 334 g/mol. The fourth-order valence-corrected chi connectivity index (χ4v) is 3.25. The fourth-order valence-electron chi connectivity index (χ4n) is 3.25. The second kappa shape index (κ2) is 6.09. The largest absolute Gasteiger partial charge is 0.465 e. The van der Waals surface area contributed by atoms with Gasteiger partial charge in [0, 0.05) is 6.54 Å². The molecule has 0 aromatic heterocycles. The van der Waals surface area contributed by atoms with E-state index in [1.807, 2.05) is 51.1 Å². The Hall–Kier alpha value is -2.08. The molecule has 1 aromatic rings. The summed E-state index contributed by atoms with van der Waals surface area (Å²) in [5, 5.41) is 12.6. The van der Waals surface area contributed by atoms with E-state index < -0.39 is 22.8 Å². The number of carbonyl (C=O) groups is 2. The van der Waals surface area contributed by atoms with Crippen molar-refractivity contribution in [2.45, 2.75) is 52.4 Å². The first-order valence-electron chi connectivity index (χ1n) is 8.02. The molecular weight excluding hydrogens is 308 g/mol. The Balaban J connectivity index is 2.35. The third kappa shape index (κ3) is 2.98. The van der Waals surface area contributed by atoms with Crippen molar-refractivity contribution >= 4 is 12.0 Å². The topological polar surface area (TPSA) is 78.9 Å². The normalized spacial score (nSPS) is 23.1. The summed E-state index contributed by atoms with van der Waals surface area (Å²) in [5.41, 5.74) is -2.05. The standard InChI is InChI=1S/C18H26N2O4/c1-16(2,3)18(12-24-17(4,5)20(18)15(22)23)14(21)19-11-13-9-7-6-8-10-13/h6-10H,11-12H2,1-5H3,(H,19,21)(H,22,23). The molecule has 0 spiro atoms. The number of nitrogens with one attached hydrogen (secondary N) is 1. The summed E-state index contributed by atoms with van der Waals surface area (Å²) in [5.74, 6) is -0.341. The van der Waals surface area contributed by atoms with Crippen LogP contribution < -0.4 is 5.32 Å². The summed E-state index contributed by atoms with van der Waals surface area (Å²) >= 11 is 0. The van der Waals surface area contributed by atoms with Crippen LogP contribution in [0.5, 0.6) is 0 Å². The summed E-state index contributed by atoms with van der Waals surface area (Å²) in [4.78, 5) is 26.2. The van der Waals surface area contributed by atoms with Crippen molar-refractivity contribution in [3.63, 3.8) is 0 Å². The minimum atomic E-state index is -1.29. The highest BCUT2D eigenvalue weighted by molar-refractivity contribution is 5.91. The Morgan fingerprint density at radius 3 is 2.33 bits per heavy atom. The van der Waals surface area contributed by atoms with Crippen molar-refractivity contribution in [1.29, 1.82) is 0 Å². The number of carbonyl (C=O) groups excluding carboxylic acids is 1. The third-order valence-electron chi connectivity index (χ3n) is 4.66. The number of carboxylic acid groups (broad SMARTS) is 1. The highest BCUT2D eigenvalue weighted by Crippen LogP contribution is 2.46. The lowest BCUT2D eigenvalue weighted by Crippen LogP contribution is -2.68. The molecule has 1 aromatic carbocycles. The van der Waals surface area contributed by atoms with E-state index in [0.29, 0.717) is 6.54 Å². The zero-order valence-corrected chi connectivity index (χ0v) is 14.9. The molecular formula is C18H26N2O4. The Morgan fingerprint density at radius 1 is 1.25 bits per heavy atom. The van der Waals surface area contributed by atoms with Gasteiger partial charge in [0.2, 0.25) is 5.91 Å². The SMILES string of the molecule is CC1(C)OCC(C(=O)NCc2ccccc2)(C(C)(C)C)N1C(=O)O. The molecule has 1 unspecified atom stereocenters. The molecule has 1 aliphatic rings. The van der Waals surface area contributed by atoms with E-state index in [4.69, 9.17) is 4.74 Å². The van der Waals surface area contributed by atoms with Crippen molar-refractivity contribution in [1.82, 2.24) is 10.2 Å². The molecule has 1 saturated heterocycles. The summed E-state index contributed by atoms with van der Waals surface area (Å²) in [7, 11) is 0. The first-order chi connectivity index (χ1) is 11.0. The van der Waals surface area contributed by atoms with Crippen molar-refractivity contribution in [2.75, 3.05) is 6.61 Å². The molecule has 24 heavy (non-hydrogen) atoms. The van der Waals surface area contributed by atoms with Gasteiger partial charge in [-0.3, -0.25) is 9.69 Å². The van der Waals surface area contributed by atoms with Crippen LogP contribution in [0.2, 0.25) is 0 Å². The molecule has 0 saturated carbocycles. The highest BCUT2D eigenvalue weighted by Gasteiger charge is 2.64. The van der Waals surface area contributed by atoms with Crippen molar-refractivity contribution < 1.29 is 19.4 Å². The van der Waals surface area contributed by atoms with E-state index in [1.165, 1.54) is 0 Å². The van der Waals surface area contributed by atoms with Gasteiger partial charge in [-0.05, 0) is 24.8 Å². The number of amides is 2. The molecule has 2 rings (SSSR count). The Labute approximate surface area is 142 Å². The quantitative estimate of drug-likeness (QED) is 0.891. The monoisotopic (exact) mass is 334 g/mol. The van der Waals surface area contributed by atoms with Crippen LogP contribution >= 0.6 is 0 Å². The van der Waals surface area contributed by atoms with E-state index in [1.54, 1.807) is 13.8 Å². The zero-order chi connectivity index (χ0) is 18.2. The number of benzene rings is 1. The van der Waals surface area contributed by atoms with Gasteiger partial charge in [0.1, 0.15) is 5.72 Å². The van der Waals surface area contributed by atoms with Gasteiger partial charge < -0.3 is 15.2 Å². The van der Waals surface area contributed by atoms with Gasteiger partial charge >= 0.3 is 6.09 Å². The maximum absolute atomic E-state index is 13.1. The van der Waals surface area contributed by atoms with E-state index in [2.05, 4.69) is 5.32 Å². The maximum Gasteiger partial charge on any atom is 0.410 e. The molecule has 1 aliphatic heterocycles. The van der Waals surface area contributed by atoms with E-state index in [9.17, 15) is 14.7 Å². The molecule has 0 radical (unpaired) electrons. The van der Waals surface area contributed by atoms with Crippen molar-refractivity contribution in [3.8, 4) is 0 Å². The molecule has 132 valence electrons. The predicted molar refractivity (Wildman–Crippen MR) is 90.4 cm³/mol. The number of rotatable bonds is 3. The van der Waals surface area contributed by atoms with Gasteiger partial charge in [-0.25, -0.2) is 4.79 Å². The van der Waals surface area contributed by atoms with Gasteiger partial charge in [0.15, 0.2) is 5.54 Å². The van der Waals surface area contributed by atoms with Gasteiger partial charge in [0.05, 0.1) is 6.61 Å². The second-order valence-corrected chi connectivity index (χ2v) is 7.63. The van der Waals surface area contributed by atoms with Crippen molar-refractivity contribution in [3.05, 3.63) is 35.9 Å². The van der Waals surface area contributed by atoms with Crippen molar-refractivity contribution in [2.24, 2.45) is 5.41 Å². The third-order valence-corrected chi connectivity index (χ3v) is 4.66. The van der Waals surface area contributed by atoms with E-state index in [-0.39, 0.29) is 12.5 Å². The molecule has 1 fully saturated rings. The molecule has 0 aliphatic carbocycles. The first-order valence-corrected chi connectivity index (χ1v) is 8.02. The first kappa shape index (κ1) is 18.3. The fraction of sp³-hybridized carbons (Fsp3) is 0.556. The van der Waals surface area contributed by atoms with Crippen LogP contribution in [0.1, 0.15) is 40.2 Å². The van der Waals surface area contributed by atoms with Crippen LogP contribution in [0.3, 0.4) is 0 Å². The maximum atomic E-state index is 13.1. The number of ether oxygens (including phenoxy) is 1. The molecule has 2 N–H and O–H groups in total. The minimum absolute atomic E-state index is 0.0242. The van der Waals surface area contributed by atoms with Crippen LogP contribution in [0.15, 0.2) is 30.3 Å². The molecule has 1 atom stereocenters. The average Bonchev–Trinajstić information content (AvgIpc) is 2.78. The van der Waals surface area contributed by atoms with Gasteiger partial charge in [-0.15, -0.1) is 0 Å². The van der Waals surface area contributed by atoms with E-state index in [0.717, 1.165) is 10.5 Å². The lowest BCUT2D eigenvalue weighted by molar-refractivity contribution is -0.139. The molecule has 6 nitrogen and oxygen atoms in total. The zero-order valence-electron chi connectivity index (χ0n) is 14.9. The summed E-state index contributed by atoms with van der Waals surface area (Å²) < 4.78 is 5.71. The number of nitrogens with zero attached hydrogens (tertiary/aromatic N) is 1. The Kier molecular flexibility index (Phi) is 4.63. The minimum Gasteiger partial charge on any atom is -0.465 e. The second-order valence-electron chi connectivity index (χ2n) is 7.63. The van der Waals surface area contributed by atoms with E-state index >= 15 is 0 Å². The molecule has 0 bridgehead atoms. The van der Waals surface area contributed by atoms with Gasteiger partial charge in [-0.1, -0.05) is 51.1 Å².